The summed E-state index contributed by atoms with van der Waals surface area (Å²) in [4.78, 5) is 29.5. The lowest BCUT2D eigenvalue weighted by Gasteiger charge is -2.34. The van der Waals surface area contributed by atoms with E-state index >= 15 is 0 Å². The number of sulfonamides is 1. The molecule has 1 N–H and O–H groups in total. The van der Waals surface area contributed by atoms with Crippen molar-refractivity contribution in [2.75, 3.05) is 18.0 Å². The molecule has 1 aliphatic rings. The second-order valence-corrected chi connectivity index (χ2v) is 12.6. The molecule has 0 heterocycles. The lowest BCUT2D eigenvalue weighted by Crippen LogP contribution is -2.54. The maximum atomic E-state index is 14.3. The van der Waals surface area contributed by atoms with Gasteiger partial charge >= 0.3 is 0 Å². The molecule has 1 fully saturated rings. The van der Waals surface area contributed by atoms with Crippen LogP contribution in [0, 0.1) is 6.92 Å². The molecule has 1 atom stereocenters. The van der Waals surface area contributed by atoms with Crippen LogP contribution in [0.4, 0.5) is 5.69 Å². The lowest BCUT2D eigenvalue weighted by atomic mass is 9.95. The molecule has 9 heteroatoms. The van der Waals surface area contributed by atoms with Gasteiger partial charge in [0.05, 0.1) is 17.7 Å². The van der Waals surface area contributed by atoms with Crippen LogP contribution in [0.1, 0.15) is 56.6 Å². The molecule has 2 amide bonds. The number of benzene rings is 3. The predicted molar refractivity (Wildman–Crippen MR) is 165 cm³/mol. The van der Waals surface area contributed by atoms with Crippen LogP contribution in [-0.2, 0) is 26.2 Å². The Morgan fingerprint density at radius 3 is 2.21 bits per heavy atom. The maximum absolute atomic E-state index is 14.3. The Labute approximate surface area is 249 Å². The van der Waals surface area contributed by atoms with Gasteiger partial charge in [-0.25, -0.2) is 8.42 Å². The Morgan fingerprint density at radius 1 is 0.929 bits per heavy atom. The van der Waals surface area contributed by atoms with Gasteiger partial charge in [0.2, 0.25) is 11.8 Å². The van der Waals surface area contributed by atoms with Crippen molar-refractivity contribution in [1.29, 1.82) is 0 Å². The minimum atomic E-state index is -4.17. The van der Waals surface area contributed by atoms with E-state index in [1.807, 2.05) is 44.2 Å². The average molecular weight is 592 g/mol. The standard InChI is InChI=1S/C33H41N3O5S/c1-4-29(33(38)34-27-15-9-6-10-16-27)35(23-26-13-7-5-8-14-26)32(37)24-36(30-17-11-12-18-31(30)41-3)42(39,40)28-21-19-25(2)20-22-28/h5,7-8,11-14,17-22,27,29H,4,6,9-10,15-16,23-24H2,1-3H3,(H,34,38)/t29-/m1/s1. The third-order valence-corrected chi connectivity index (χ3v) is 9.55. The molecule has 1 saturated carbocycles. The van der Waals surface area contributed by atoms with E-state index in [4.69, 9.17) is 4.74 Å². The number of nitrogens with zero attached hydrogens (tertiary/aromatic N) is 2. The molecule has 8 nitrogen and oxygen atoms in total. The monoisotopic (exact) mass is 591 g/mol. The highest BCUT2D eigenvalue weighted by Gasteiger charge is 2.35. The van der Waals surface area contributed by atoms with Crippen LogP contribution in [0.25, 0.3) is 0 Å². The molecule has 0 saturated heterocycles. The number of carbonyl (C=O) groups excluding carboxylic acids is 2. The van der Waals surface area contributed by atoms with Gasteiger partial charge in [0, 0.05) is 12.6 Å². The number of anilines is 1. The topological polar surface area (TPSA) is 96.0 Å². The molecule has 1 aliphatic carbocycles. The number of para-hydroxylation sites is 2. The van der Waals surface area contributed by atoms with Crippen molar-refractivity contribution in [1.82, 2.24) is 10.2 Å². The van der Waals surface area contributed by atoms with E-state index in [2.05, 4.69) is 5.32 Å². The Hall–Kier alpha value is -3.85. The van der Waals surface area contributed by atoms with Gasteiger partial charge in [0.15, 0.2) is 0 Å². The average Bonchev–Trinajstić information content (AvgIpc) is 3.00. The number of ether oxygens (including phenoxy) is 1. The Bertz CT molecular complexity index is 1440. The number of amides is 2. The van der Waals surface area contributed by atoms with Crippen LogP contribution in [0.3, 0.4) is 0 Å². The first kappa shape index (κ1) is 31.1. The van der Waals surface area contributed by atoms with E-state index in [0.717, 1.165) is 47.5 Å². The highest BCUT2D eigenvalue weighted by molar-refractivity contribution is 7.92. The second-order valence-electron chi connectivity index (χ2n) is 10.8. The Balaban J connectivity index is 1.72. The van der Waals surface area contributed by atoms with Gasteiger partial charge in [0.1, 0.15) is 18.3 Å². The van der Waals surface area contributed by atoms with Crippen LogP contribution >= 0.6 is 0 Å². The molecular weight excluding hydrogens is 550 g/mol. The SMILES string of the molecule is CC[C@H](C(=O)NC1CCCCC1)N(Cc1ccccc1)C(=O)CN(c1ccccc1OC)S(=O)(=O)c1ccc(C)cc1. The largest absolute Gasteiger partial charge is 0.495 e. The number of methoxy groups -OCH3 is 1. The van der Waals surface area contributed by atoms with E-state index in [-0.39, 0.29) is 29.1 Å². The smallest absolute Gasteiger partial charge is 0.264 e. The van der Waals surface area contributed by atoms with Gasteiger partial charge in [-0.1, -0.05) is 86.3 Å². The molecule has 0 unspecified atom stereocenters. The van der Waals surface area contributed by atoms with Gasteiger partial charge in [-0.15, -0.1) is 0 Å². The lowest BCUT2D eigenvalue weighted by molar-refractivity contribution is -0.140. The molecule has 0 aromatic heterocycles. The van der Waals surface area contributed by atoms with Gasteiger partial charge < -0.3 is 15.0 Å². The first-order valence-corrected chi connectivity index (χ1v) is 16.0. The van der Waals surface area contributed by atoms with Crippen LogP contribution < -0.4 is 14.4 Å². The normalized spacial score (nSPS) is 14.5. The molecular formula is C33H41N3O5S. The van der Waals surface area contributed by atoms with Gasteiger partial charge in [0.25, 0.3) is 10.0 Å². The second kappa shape index (κ2) is 14.4. The number of aryl methyl sites for hydroxylation is 1. The fourth-order valence-electron chi connectivity index (χ4n) is 5.43. The molecule has 0 spiro atoms. The predicted octanol–water partition coefficient (Wildman–Crippen LogP) is 5.46. The van der Waals surface area contributed by atoms with Crippen molar-refractivity contribution in [3.8, 4) is 5.75 Å². The van der Waals surface area contributed by atoms with Crippen LogP contribution in [0.15, 0.2) is 83.8 Å². The zero-order chi connectivity index (χ0) is 30.1. The van der Waals surface area contributed by atoms with Crippen molar-refractivity contribution < 1.29 is 22.7 Å². The van der Waals surface area contributed by atoms with Crippen LogP contribution in [-0.4, -0.2) is 50.9 Å². The molecule has 3 aromatic carbocycles. The zero-order valence-corrected chi connectivity index (χ0v) is 25.5. The molecule has 42 heavy (non-hydrogen) atoms. The first-order chi connectivity index (χ1) is 20.2. The minimum Gasteiger partial charge on any atom is -0.495 e. The minimum absolute atomic E-state index is 0.0588. The third-order valence-electron chi connectivity index (χ3n) is 7.77. The first-order valence-electron chi connectivity index (χ1n) is 14.6. The summed E-state index contributed by atoms with van der Waals surface area (Å²) in [5.74, 6) is -0.373. The van der Waals surface area contributed by atoms with E-state index < -0.39 is 28.5 Å². The summed E-state index contributed by atoms with van der Waals surface area (Å²) in [5.41, 5.74) is 2.01. The summed E-state index contributed by atoms with van der Waals surface area (Å²) in [6.45, 7) is 3.41. The van der Waals surface area contributed by atoms with Crippen molar-refractivity contribution in [3.05, 3.63) is 90.0 Å². The van der Waals surface area contributed by atoms with Gasteiger partial charge in [-0.2, -0.15) is 0 Å². The third kappa shape index (κ3) is 7.50. The summed E-state index contributed by atoms with van der Waals surface area (Å²) >= 11 is 0. The number of nitrogens with one attached hydrogen (secondary N) is 1. The number of rotatable bonds is 12. The fourth-order valence-corrected chi connectivity index (χ4v) is 6.86. The van der Waals surface area contributed by atoms with Crippen molar-refractivity contribution >= 4 is 27.5 Å². The van der Waals surface area contributed by atoms with Crippen molar-refractivity contribution in [3.63, 3.8) is 0 Å². The molecule has 4 rings (SSSR count). The molecule has 3 aromatic rings. The Kier molecular flexibility index (Phi) is 10.6. The molecule has 0 bridgehead atoms. The molecule has 224 valence electrons. The summed E-state index contributed by atoms with van der Waals surface area (Å²) in [6.07, 6.45) is 5.53. The van der Waals surface area contributed by atoms with Crippen LogP contribution in [0.2, 0.25) is 0 Å². The fraction of sp³-hybridized carbons (Fsp3) is 0.394. The summed E-state index contributed by atoms with van der Waals surface area (Å²) < 4.78 is 34.8. The van der Waals surface area contributed by atoms with E-state index in [0.29, 0.717) is 12.2 Å². The van der Waals surface area contributed by atoms with Gasteiger partial charge in [-0.3, -0.25) is 13.9 Å². The van der Waals surface area contributed by atoms with E-state index in [1.165, 1.54) is 24.1 Å². The summed E-state index contributed by atoms with van der Waals surface area (Å²) in [5, 5.41) is 3.17. The summed E-state index contributed by atoms with van der Waals surface area (Å²) in [7, 11) is -2.71. The number of hydrogen-bond acceptors (Lipinski definition) is 5. The quantitative estimate of drug-likeness (QED) is 0.302. The molecule has 0 radical (unpaired) electrons. The highest BCUT2D eigenvalue weighted by atomic mass is 32.2. The van der Waals surface area contributed by atoms with Crippen molar-refractivity contribution in [2.45, 2.75) is 75.9 Å². The zero-order valence-electron chi connectivity index (χ0n) is 24.7. The summed E-state index contributed by atoms with van der Waals surface area (Å²) in [6, 6.07) is 22.0. The highest BCUT2D eigenvalue weighted by Crippen LogP contribution is 2.32. The Morgan fingerprint density at radius 2 is 1.57 bits per heavy atom. The van der Waals surface area contributed by atoms with Crippen molar-refractivity contribution in [2.24, 2.45) is 0 Å². The van der Waals surface area contributed by atoms with E-state index in [1.54, 1.807) is 36.4 Å². The van der Waals surface area contributed by atoms with Gasteiger partial charge in [-0.05, 0) is 56.0 Å². The molecule has 0 aliphatic heterocycles. The van der Waals surface area contributed by atoms with E-state index in [9.17, 15) is 18.0 Å². The number of carbonyl (C=O) groups is 2. The van der Waals surface area contributed by atoms with Crippen LogP contribution in [0.5, 0.6) is 5.75 Å². The maximum Gasteiger partial charge on any atom is 0.264 e. The number of hydrogen-bond donors (Lipinski definition) is 1.